The molecule has 0 fully saturated rings. The number of carbonyl (C=O) groups excluding carboxylic acids is 4. The molecule has 15 nitrogen and oxygen atoms in total. The van der Waals surface area contributed by atoms with Gasteiger partial charge in [-0.1, -0.05) is 27.7 Å². The zero-order valence-corrected chi connectivity index (χ0v) is 56.6. The van der Waals surface area contributed by atoms with Crippen molar-refractivity contribution < 1.29 is 19.2 Å². The Morgan fingerprint density at radius 3 is 0.987 bits per heavy atom. The molecule has 15 heteroatoms. The van der Waals surface area contributed by atoms with Crippen LogP contribution in [0.3, 0.4) is 0 Å². The highest BCUT2D eigenvalue weighted by atomic mass is 16.2. The van der Waals surface area contributed by atoms with E-state index in [9.17, 15) is 19.2 Å². The van der Waals surface area contributed by atoms with Crippen LogP contribution in [0.2, 0.25) is 0 Å². The Morgan fingerprint density at radius 1 is 0.347 bits per heavy atom. The van der Waals surface area contributed by atoms with Crippen molar-refractivity contribution in [3.8, 4) is 0 Å². The predicted molar refractivity (Wildman–Crippen MR) is 330 cm³/mol. The summed E-state index contributed by atoms with van der Waals surface area (Å²) in [6.45, 7) is 56.2. The Kier molecular flexibility index (Phi) is 53.0. The van der Waals surface area contributed by atoms with E-state index in [0.717, 1.165) is 38.5 Å². The molecule has 0 aliphatic heterocycles. The second-order valence-electron chi connectivity index (χ2n) is 24.4. The van der Waals surface area contributed by atoms with Crippen molar-refractivity contribution in [2.45, 2.75) is 258 Å². The molecule has 1 N–H and O–H groups in total. The normalized spacial score (nSPS) is 11.5. The molecule has 0 spiro atoms. The minimum absolute atomic E-state index is 0.0792. The number of urea groups is 1. The summed E-state index contributed by atoms with van der Waals surface area (Å²) in [7, 11) is 19.7. The first-order valence-electron chi connectivity index (χ1n) is 29.0. The van der Waals surface area contributed by atoms with Crippen LogP contribution in [0.4, 0.5) is 4.79 Å². The molecule has 0 unspecified atom stereocenters. The fraction of sp³-hybridized carbons (Fsp3) is 0.933. The highest BCUT2D eigenvalue weighted by Crippen LogP contribution is 2.06. The van der Waals surface area contributed by atoms with Gasteiger partial charge in [-0.25, -0.2) is 4.79 Å². The Bertz CT molecular complexity index is 1360. The fourth-order valence-corrected chi connectivity index (χ4v) is 5.42. The molecule has 75 heavy (non-hydrogen) atoms. The summed E-state index contributed by atoms with van der Waals surface area (Å²) in [6, 6.07) is 5.22. The molecule has 0 rings (SSSR count). The van der Waals surface area contributed by atoms with Gasteiger partial charge in [-0.15, -0.1) is 0 Å². The molecular weight excluding hydrogens is 939 g/mol. The highest BCUT2D eigenvalue weighted by Gasteiger charge is 2.18. The van der Waals surface area contributed by atoms with E-state index in [1.165, 1.54) is 13.0 Å². The van der Waals surface area contributed by atoms with Crippen molar-refractivity contribution in [1.82, 2.24) is 54.3 Å². The summed E-state index contributed by atoms with van der Waals surface area (Å²) in [4.78, 5) is 66.7. The number of carbonyl (C=O) groups is 4. The molecule has 0 aliphatic rings. The van der Waals surface area contributed by atoms with Crippen LogP contribution >= 0.6 is 0 Å². The maximum Gasteiger partial charge on any atom is 0.319 e. The van der Waals surface area contributed by atoms with Crippen molar-refractivity contribution >= 4 is 23.8 Å². The molecule has 0 bridgehead atoms. The number of hydrogen-bond acceptors (Lipinski definition) is 10. The van der Waals surface area contributed by atoms with E-state index in [1.807, 2.05) is 115 Å². The lowest BCUT2D eigenvalue weighted by Crippen LogP contribution is -2.45. The zero-order chi connectivity index (χ0) is 60.8. The van der Waals surface area contributed by atoms with Crippen molar-refractivity contribution in [2.75, 3.05) is 110 Å². The second-order valence-corrected chi connectivity index (χ2v) is 24.4. The monoisotopic (exact) mass is 1070 g/mol. The van der Waals surface area contributed by atoms with Gasteiger partial charge in [0.15, 0.2) is 0 Å². The largest absolute Gasteiger partial charge is 0.343 e. The summed E-state index contributed by atoms with van der Waals surface area (Å²) in [6.07, 6.45) is 3.54. The Morgan fingerprint density at radius 2 is 0.680 bits per heavy atom. The number of likely N-dealkylation sites (N-methyl/N-ethyl adjacent to an activating group) is 3. The molecule has 0 heterocycles. The standard InChI is InChI=1S/C12H26N2O.C11H25N3O.C11H24N2O.C10H22N2O.C9H21N.C7H17N/c1-10(2)13(5)9-7-8-12(15)14(6)11(3)4;1-9(2)12-7-8-13(5)11(15)14(6)10(3)4;1-9(2)12(5)8-7-11(14)13(6)10(3)4;1-8(2)11(5)7-10(13)12(6)9(3)4;1-8(2)6-7-10(5)9(3)4;1-6(2)8(5)7(3)4/h10-11H,7-9H2,1-6H3;9-10,12H,7-8H2,1-6H3;9-10H,7-8H2,1-6H3;8-9H,7H2,1-6H3;8-9H,6-7H2,1-5H3;6-7H,1-5H3. The smallest absolute Gasteiger partial charge is 0.319 e. The van der Waals surface area contributed by atoms with Gasteiger partial charge in [0, 0.05) is 134 Å². The van der Waals surface area contributed by atoms with Gasteiger partial charge in [-0.05, 0) is 206 Å². The molecule has 0 radical (unpaired) electrons. The molecule has 0 aliphatic carbocycles. The summed E-state index contributed by atoms with van der Waals surface area (Å²) < 4.78 is 0. The topological polar surface area (TPSA) is 113 Å². The lowest BCUT2D eigenvalue weighted by molar-refractivity contribution is -0.133. The fourth-order valence-electron chi connectivity index (χ4n) is 5.42. The van der Waals surface area contributed by atoms with E-state index >= 15 is 0 Å². The first-order chi connectivity index (χ1) is 34.0. The molecule has 0 atom stereocenters. The van der Waals surface area contributed by atoms with Gasteiger partial charge in [0.05, 0.1) is 6.54 Å². The van der Waals surface area contributed by atoms with Crippen molar-refractivity contribution in [3.63, 3.8) is 0 Å². The lowest BCUT2D eigenvalue weighted by Gasteiger charge is -2.28. The van der Waals surface area contributed by atoms with Gasteiger partial charge in [0.2, 0.25) is 17.7 Å². The molecular formula is C60H135N11O4. The first kappa shape index (κ1) is 83.8. The van der Waals surface area contributed by atoms with E-state index in [2.05, 4.69) is 157 Å². The van der Waals surface area contributed by atoms with Crippen LogP contribution in [0.1, 0.15) is 192 Å². The van der Waals surface area contributed by atoms with Crippen LogP contribution in [-0.2, 0) is 14.4 Å². The third-order valence-corrected chi connectivity index (χ3v) is 14.1. The van der Waals surface area contributed by atoms with Gasteiger partial charge < -0.3 is 49.4 Å². The van der Waals surface area contributed by atoms with Crippen LogP contribution in [0.25, 0.3) is 0 Å². The lowest BCUT2D eigenvalue weighted by atomic mass is 10.1. The van der Waals surface area contributed by atoms with Crippen molar-refractivity contribution in [1.29, 1.82) is 0 Å². The van der Waals surface area contributed by atoms with Crippen molar-refractivity contribution in [2.24, 2.45) is 5.92 Å². The number of hydrogen-bond donors (Lipinski definition) is 1. The van der Waals surface area contributed by atoms with E-state index < -0.39 is 0 Å². The van der Waals surface area contributed by atoms with E-state index in [0.29, 0.717) is 73.8 Å². The SMILES string of the molecule is CC(C)CCN(C)C(C)C.CC(C)N(C)C(C)C.CC(C)N(C)CC(=O)N(C)C(C)C.CC(C)N(C)CCC(=O)N(C)C(C)C.CC(C)N(C)CCCC(=O)N(C)C(C)C.CC(C)NCCN(C)C(=O)N(C)C(C)C. The molecule has 0 aromatic heterocycles. The minimum atomic E-state index is 0.0792. The second kappa shape index (κ2) is 47.4. The molecule has 5 amide bonds. The van der Waals surface area contributed by atoms with Crippen molar-refractivity contribution in [3.05, 3.63) is 0 Å². The van der Waals surface area contributed by atoms with Gasteiger partial charge >= 0.3 is 6.03 Å². The summed E-state index contributed by atoms with van der Waals surface area (Å²) in [5, 5.41) is 3.29. The van der Waals surface area contributed by atoms with Gasteiger partial charge in [-0.2, -0.15) is 0 Å². The van der Waals surface area contributed by atoms with E-state index in [-0.39, 0.29) is 35.8 Å². The van der Waals surface area contributed by atoms with Crippen LogP contribution in [-0.4, -0.2) is 249 Å². The number of nitrogens with one attached hydrogen (secondary N) is 1. The Hall–Kier alpha value is -2.56. The predicted octanol–water partition coefficient (Wildman–Crippen LogP) is 10.2. The first-order valence-corrected chi connectivity index (χ1v) is 29.0. The Balaban J connectivity index is -0.000000193. The van der Waals surface area contributed by atoms with Gasteiger partial charge in [0.25, 0.3) is 0 Å². The van der Waals surface area contributed by atoms with E-state index in [4.69, 9.17) is 0 Å². The average molecular weight is 1070 g/mol. The highest BCUT2D eigenvalue weighted by molar-refractivity contribution is 5.78. The van der Waals surface area contributed by atoms with Crippen LogP contribution in [0.5, 0.6) is 0 Å². The summed E-state index contributed by atoms with van der Waals surface area (Å²) in [5.74, 6) is 1.50. The molecule has 0 saturated heterocycles. The van der Waals surface area contributed by atoms with E-state index in [1.54, 1.807) is 19.6 Å². The third kappa shape index (κ3) is 49.5. The Labute approximate surface area is 469 Å². The molecule has 454 valence electrons. The van der Waals surface area contributed by atoms with Crippen LogP contribution in [0, 0.1) is 5.92 Å². The van der Waals surface area contributed by atoms with Gasteiger partial charge in [0.1, 0.15) is 0 Å². The molecule has 0 aromatic rings. The zero-order valence-electron chi connectivity index (χ0n) is 56.6. The molecule has 0 aromatic carbocycles. The van der Waals surface area contributed by atoms with Crippen LogP contribution in [0.15, 0.2) is 0 Å². The average Bonchev–Trinajstić information content (AvgIpc) is 3.30. The third-order valence-electron chi connectivity index (χ3n) is 14.1. The quantitative estimate of drug-likeness (QED) is 0.0899. The molecule has 0 saturated carbocycles. The van der Waals surface area contributed by atoms with Gasteiger partial charge in [-0.3, -0.25) is 19.3 Å². The number of nitrogens with zero attached hydrogens (tertiary/aromatic N) is 10. The van der Waals surface area contributed by atoms with Crippen LogP contribution < -0.4 is 5.32 Å². The minimum Gasteiger partial charge on any atom is -0.343 e. The summed E-state index contributed by atoms with van der Waals surface area (Å²) >= 11 is 0. The number of amides is 5. The maximum absolute atomic E-state index is 11.8. The number of rotatable bonds is 26. The maximum atomic E-state index is 11.8. The summed E-state index contributed by atoms with van der Waals surface area (Å²) in [5.41, 5.74) is 0.